The number of alkyl halides is 1. The van der Waals surface area contributed by atoms with Gasteiger partial charge in [0.1, 0.15) is 0 Å². The number of carbonyl (C=O) groups is 1. The lowest BCUT2D eigenvalue weighted by atomic mass is 9.99. The summed E-state index contributed by atoms with van der Waals surface area (Å²) in [5, 5.41) is 8.43. The Morgan fingerprint density at radius 1 is 1.21 bits per heavy atom. The summed E-state index contributed by atoms with van der Waals surface area (Å²) >= 11 is 18.1. The van der Waals surface area contributed by atoms with E-state index in [0.29, 0.717) is 5.57 Å². The summed E-state index contributed by atoms with van der Waals surface area (Å²) in [6.45, 7) is 0. The summed E-state index contributed by atoms with van der Waals surface area (Å²) in [6.07, 6.45) is 3.35. The van der Waals surface area contributed by atoms with Crippen molar-refractivity contribution in [3.05, 3.63) is 63.2 Å². The van der Waals surface area contributed by atoms with Gasteiger partial charge in [-0.05, 0) is 23.3 Å². The standard InChI is InChI=1S/C14H9Cl3O2/c15-10-7-9(6-8-4-2-1-3-5-8)12(16)13(17)11(10)14(18)19/h1-7,12H,(H,18,19). The minimum absolute atomic E-state index is 0.0313. The fourth-order valence-electron chi connectivity index (χ4n) is 1.74. The van der Waals surface area contributed by atoms with Crippen LogP contribution in [0.5, 0.6) is 0 Å². The van der Waals surface area contributed by atoms with E-state index in [9.17, 15) is 4.79 Å². The van der Waals surface area contributed by atoms with Crippen LogP contribution < -0.4 is 0 Å². The van der Waals surface area contributed by atoms with E-state index in [4.69, 9.17) is 39.9 Å². The topological polar surface area (TPSA) is 37.3 Å². The maximum absolute atomic E-state index is 11.0. The van der Waals surface area contributed by atoms with Crippen LogP contribution in [0, 0.1) is 0 Å². The highest BCUT2D eigenvalue weighted by atomic mass is 35.5. The first kappa shape index (κ1) is 14.2. The van der Waals surface area contributed by atoms with Crippen molar-refractivity contribution in [1.29, 1.82) is 0 Å². The number of aliphatic carboxylic acids is 1. The van der Waals surface area contributed by atoms with Gasteiger partial charge < -0.3 is 5.11 Å². The molecule has 2 rings (SSSR count). The summed E-state index contributed by atoms with van der Waals surface area (Å²) in [5.74, 6) is -1.18. The first-order valence-corrected chi connectivity index (χ1v) is 6.61. The van der Waals surface area contributed by atoms with E-state index >= 15 is 0 Å². The normalized spacial score (nSPS) is 21.5. The van der Waals surface area contributed by atoms with Gasteiger partial charge in [-0.3, -0.25) is 0 Å². The molecule has 0 aromatic heterocycles. The third-order valence-corrected chi connectivity index (χ3v) is 3.92. The predicted octanol–water partition coefficient (Wildman–Crippen LogP) is 4.39. The summed E-state index contributed by atoms with van der Waals surface area (Å²) in [4.78, 5) is 11.0. The molecule has 1 aliphatic rings. The number of halogens is 3. The van der Waals surface area contributed by atoms with Crippen LogP contribution in [0.25, 0.3) is 6.08 Å². The average molecular weight is 316 g/mol. The number of allylic oxidation sites excluding steroid dienone is 3. The van der Waals surface area contributed by atoms with E-state index in [2.05, 4.69) is 0 Å². The van der Waals surface area contributed by atoms with Gasteiger partial charge in [0, 0.05) is 0 Å². The molecule has 0 spiro atoms. The van der Waals surface area contributed by atoms with Gasteiger partial charge in [-0.15, -0.1) is 11.6 Å². The van der Waals surface area contributed by atoms with Crippen molar-refractivity contribution in [3.63, 3.8) is 0 Å². The molecule has 0 amide bonds. The molecule has 1 aromatic rings. The van der Waals surface area contributed by atoms with E-state index in [1.54, 1.807) is 0 Å². The second-order valence-electron chi connectivity index (χ2n) is 3.94. The molecule has 0 heterocycles. The van der Waals surface area contributed by atoms with Gasteiger partial charge in [-0.25, -0.2) is 4.79 Å². The van der Waals surface area contributed by atoms with Gasteiger partial charge in [0.25, 0.3) is 0 Å². The lowest BCUT2D eigenvalue weighted by molar-refractivity contribution is -0.132. The maximum Gasteiger partial charge on any atom is 0.338 e. The second kappa shape index (κ2) is 5.83. The minimum atomic E-state index is -1.18. The summed E-state index contributed by atoms with van der Waals surface area (Å²) in [6, 6.07) is 9.50. The molecule has 0 saturated heterocycles. The highest BCUT2D eigenvalue weighted by molar-refractivity contribution is 6.44. The molecule has 98 valence electrons. The Kier molecular flexibility index (Phi) is 4.35. The molecule has 0 fully saturated rings. The summed E-state index contributed by atoms with van der Waals surface area (Å²) in [5.41, 5.74) is 1.45. The lowest BCUT2D eigenvalue weighted by Crippen LogP contribution is -2.15. The van der Waals surface area contributed by atoms with Crippen molar-refractivity contribution in [2.45, 2.75) is 5.38 Å². The van der Waals surface area contributed by atoms with Crippen molar-refractivity contribution in [1.82, 2.24) is 0 Å². The van der Waals surface area contributed by atoms with Crippen LogP contribution in [0.3, 0.4) is 0 Å². The average Bonchev–Trinajstić information content (AvgIpc) is 2.36. The Labute approximate surface area is 125 Å². The molecule has 1 aromatic carbocycles. The highest BCUT2D eigenvalue weighted by Crippen LogP contribution is 2.37. The fourth-order valence-corrected chi connectivity index (χ4v) is 2.64. The molecule has 1 N–H and O–H groups in total. The Bertz CT molecular complexity index is 600. The van der Waals surface area contributed by atoms with Gasteiger partial charge in [-0.2, -0.15) is 0 Å². The number of hydrogen-bond donors (Lipinski definition) is 1. The molecular formula is C14H9Cl3O2. The highest BCUT2D eigenvalue weighted by Gasteiger charge is 2.28. The zero-order chi connectivity index (χ0) is 14.0. The molecule has 1 unspecified atom stereocenters. The molecule has 1 atom stereocenters. The molecule has 0 saturated carbocycles. The number of carboxylic acid groups (broad SMARTS) is 1. The van der Waals surface area contributed by atoms with Gasteiger partial charge >= 0.3 is 5.97 Å². The van der Waals surface area contributed by atoms with E-state index in [0.717, 1.165) is 5.56 Å². The van der Waals surface area contributed by atoms with Crippen LogP contribution in [0.2, 0.25) is 0 Å². The molecule has 2 nitrogen and oxygen atoms in total. The zero-order valence-corrected chi connectivity index (χ0v) is 11.9. The quantitative estimate of drug-likeness (QED) is 0.822. The van der Waals surface area contributed by atoms with E-state index in [1.165, 1.54) is 6.08 Å². The first-order valence-electron chi connectivity index (χ1n) is 5.42. The summed E-state index contributed by atoms with van der Waals surface area (Å²) < 4.78 is 0. The van der Waals surface area contributed by atoms with Gasteiger partial charge in [0.2, 0.25) is 0 Å². The molecule has 0 bridgehead atoms. The number of benzene rings is 1. The smallest absolute Gasteiger partial charge is 0.338 e. The van der Waals surface area contributed by atoms with Gasteiger partial charge in [0.05, 0.1) is 21.0 Å². The van der Waals surface area contributed by atoms with Crippen molar-refractivity contribution in [3.8, 4) is 0 Å². The fraction of sp³-hybridized carbons (Fsp3) is 0.0714. The molecule has 1 aliphatic carbocycles. The van der Waals surface area contributed by atoms with Crippen LogP contribution in [-0.2, 0) is 4.79 Å². The first-order chi connectivity index (χ1) is 9.00. The van der Waals surface area contributed by atoms with Crippen molar-refractivity contribution in [2.24, 2.45) is 0 Å². The SMILES string of the molecule is O=C(O)C1=C(Cl)C(Cl)C(=Cc2ccccc2)C=C1Cl. The largest absolute Gasteiger partial charge is 0.478 e. The van der Waals surface area contributed by atoms with Crippen LogP contribution in [0.4, 0.5) is 0 Å². The van der Waals surface area contributed by atoms with Crippen molar-refractivity contribution < 1.29 is 9.90 Å². The number of hydrogen-bond acceptors (Lipinski definition) is 1. The van der Waals surface area contributed by atoms with E-state index in [-0.39, 0.29) is 15.6 Å². The van der Waals surface area contributed by atoms with Gasteiger partial charge in [0.15, 0.2) is 0 Å². The maximum atomic E-state index is 11.0. The van der Waals surface area contributed by atoms with Crippen molar-refractivity contribution >= 4 is 46.8 Å². The Balaban J connectivity index is 2.44. The van der Waals surface area contributed by atoms with E-state index in [1.807, 2.05) is 36.4 Å². The monoisotopic (exact) mass is 314 g/mol. The third kappa shape index (κ3) is 3.03. The van der Waals surface area contributed by atoms with Crippen molar-refractivity contribution in [2.75, 3.05) is 0 Å². The third-order valence-electron chi connectivity index (χ3n) is 2.63. The second-order valence-corrected chi connectivity index (χ2v) is 5.19. The molecule has 0 radical (unpaired) electrons. The van der Waals surface area contributed by atoms with Crippen LogP contribution >= 0.6 is 34.8 Å². The molecule has 19 heavy (non-hydrogen) atoms. The van der Waals surface area contributed by atoms with Crippen LogP contribution in [-0.4, -0.2) is 16.5 Å². The molecule has 0 aliphatic heterocycles. The zero-order valence-electron chi connectivity index (χ0n) is 9.61. The Hall–Kier alpha value is -1.22. The summed E-state index contributed by atoms with van der Waals surface area (Å²) in [7, 11) is 0. The van der Waals surface area contributed by atoms with Gasteiger partial charge in [-0.1, -0.05) is 53.5 Å². The predicted molar refractivity (Wildman–Crippen MR) is 78.5 cm³/mol. The molecular weight excluding hydrogens is 307 g/mol. The number of rotatable bonds is 2. The number of carboxylic acids is 1. The van der Waals surface area contributed by atoms with Crippen LogP contribution in [0.1, 0.15) is 5.56 Å². The Morgan fingerprint density at radius 3 is 2.42 bits per heavy atom. The molecule has 5 heteroatoms. The lowest BCUT2D eigenvalue weighted by Gasteiger charge is -2.19. The van der Waals surface area contributed by atoms with E-state index < -0.39 is 11.3 Å². The minimum Gasteiger partial charge on any atom is -0.478 e. The van der Waals surface area contributed by atoms with Crippen LogP contribution in [0.15, 0.2) is 57.6 Å². The Morgan fingerprint density at radius 2 is 1.84 bits per heavy atom.